The summed E-state index contributed by atoms with van der Waals surface area (Å²) in [4.78, 5) is 23.9. The molecule has 0 bridgehead atoms. The van der Waals surface area contributed by atoms with E-state index in [1.807, 2.05) is 0 Å². The Labute approximate surface area is 155 Å². The van der Waals surface area contributed by atoms with E-state index >= 15 is 0 Å². The first-order valence-electron chi connectivity index (χ1n) is 7.87. The number of carbonyl (C=O) groups is 2. The molecule has 0 heterocycles. The van der Waals surface area contributed by atoms with Crippen molar-refractivity contribution in [3.63, 3.8) is 0 Å². The first-order chi connectivity index (χ1) is 11.1. The number of nitrogens with one attached hydrogen (secondary N) is 1. The van der Waals surface area contributed by atoms with Crippen molar-refractivity contribution in [3.8, 4) is 0 Å². The minimum Gasteiger partial charge on any atom is -0.460 e. The van der Waals surface area contributed by atoms with E-state index in [1.165, 1.54) is 6.92 Å². The number of hydrogen-bond acceptors (Lipinski definition) is 6. The van der Waals surface area contributed by atoms with E-state index in [-0.39, 0.29) is 12.2 Å². The molecule has 0 radical (unpaired) electrons. The summed E-state index contributed by atoms with van der Waals surface area (Å²) < 4.78 is 33.5. The number of ether oxygens (including phenoxy) is 2. The van der Waals surface area contributed by atoms with Gasteiger partial charge in [-0.2, -0.15) is 0 Å². The van der Waals surface area contributed by atoms with Gasteiger partial charge < -0.3 is 14.8 Å². The van der Waals surface area contributed by atoms with Gasteiger partial charge >= 0.3 is 12.1 Å². The zero-order valence-corrected chi connectivity index (χ0v) is 17.4. The quantitative estimate of drug-likeness (QED) is 0.691. The number of hydrogen-bond donors (Lipinski definition) is 1. The molecule has 0 aliphatic rings. The molecule has 1 N–H and O–H groups in total. The summed E-state index contributed by atoms with van der Waals surface area (Å²) in [5, 5.41) is 2.43. The molecule has 0 unspecified atom stereocenters. The lowest BCUT2D eigenvalue weighted by Gasteiger charge is -2.24. The summed E-state index contributed by atoms with van der Waals surface area (Å²) >= 11 is 5.83. The molecular weight excluding hydrogens is 370 g/mol. The molecule has 0 aliphatic carbocycles. The molecule has 0 aromatic heterocycles. The highest BCUT2D eigenvalue weighted by Crippen LogP contribution is 2.17. The van der Waals surface area contributed by atoms with Gasteiger partial charge in [-0.15, -0.1) is 0 Å². The lowest BCUT2D eigenvalue weighted by Crippen LogP contribution is -2.40. The van der Waals surface area contributed by atoms with Crippen molar-refractivity contribution < 1.29 is 27.5 Å². The van der Waals surface area contributed by atoms with Crippen molar-refractivity contribution in [2.24, 2.45) is 0 Å². The zero-order valence-electron chi connectivity index (χ0n) is 15.8. The Bertz CT molecular complexity index is 584. The smallest absolute Gasteiger partial charge is 0.408 e. The molecule has 9 heteroatoms. The first kappa shape index (κ1) is 23.7. The van der Waals surface area contributed by atoms with Crippen LogP contribution in [0.1, 0.15) is 54.9 Å². The molecular formula is C16H28ClNO6S. The molecule has 0 saturated carbocycles. The van der Waals surface area contributed by atoms with E-state index in [4.69, 9.17) is 21.1 Å². The molecule has 0 saturated heterocycles. The van der Waals surface area contributed by atoms with E-state index < -0.39 is 43.5 Å². The first-order valence-corrected chi connectivity index (χ1v) is 9.90. The Hall–Kier alpha value is -1.28. The average Bonchev–Trinajstić information content (AvgIpc) is 2.33. The average molecular weight is 398 g/mol. The SMILES string of the molecule is CCS(=O)(=O)C(Cl)=C[C@H](CC(=O)OC(C)(C)C)NC(=O)OC(C)(C)C. The summed E-state index contributed by atoms with van der Waals surface area (Å²) in [6, 6.07) is -0.987. The number of amides is 1. The number of carbonyl (C=O) groups excluding carboxylic acids is 2. The van der Waals surface area contributed by atoms with E-state index in [2.05, 4.69) is 5.32 Å². The van der Waals surface area contributed by atoms with Crippen LogP contribution in [0.3, 0.4) is 0 Å². The van der Waals surface area contributed by atoms with Crippen LogP contribution in [0.2, 0.25) is 0 Å². The van der Waals surface area contributed by atoms with Crippen LogP contribution in [0.15, 0.2) is 10.4 Å². The zero-order chi connectivity index (χ0) is 20.1. The second-order valence-corrected chi connectivity index (χ2v) is 10.3. The normalized spacial score (nSPS) is 14.6. The van der Waals surface area contributed by atoms with Crippen LogP contribution in [-0.2, 0) is 24.1 Å². The third-order valence-electron chi connectivity index (χ3n) is 2.52. The summed E-state index contributed by atoms with van der Waals surface area (Å²) in [6.07, 6.45) is 0.0240. The summed E-state index contributed by atoms with van der Waals surface area (Å²) in [5.74, 6) is -0.809. The number of sulfone groups is 1. The van der Waals surface area contributed by atoms with Gasteiger partial charge in [-0.3, -0.25) is 4.79 Å². The molecule has 1 atom stereocenters. The minimum atomic E-state index is -3.65. The molecule has 0 spiro atoms. The molecule has 0 aromatic carbocycles. The molecule has 146 valence electrons. The molecule has 7 nitrogen and oxygen atoms in total. The standard InChI is InChI=1S/C16H28ClNO6S/c1-8-25(21,22)12(17)9-11(10-13(19)23-15(2,3)4)18-14(20)24-16(5,6)7/h9,11H,8,10H2,1-7H3,(H,18,20)/t11-/m1/s1. The van der Waals surface area contributed by atoms with Crippen LogP contribution >= 0.6 is 11.6 Å². The fourth-order valence-electron chi connectivity index (χ4n) is 1.57. The molecule has 0 aliphatic heterocycles. The van der Waals surface area contributed by atoms with Crippen LogP contribution in [0.4, 0.5) is 4.79 Å². The highest BCUT2D eigenvalue weighted by molar-refractivity contribution is 7.96. The van der Waals surface area contributed by atoms with E-state index in [0.717, 1.165) is 6.08 Å². The van der Waals surface area contributed by atoms with Gasteiger partial charge in [-0.25, -0.2) is 13.2 Å². The predicted molar refractivity (Wildman–Crippen MR) is 97.0 cm³/mol. The largest absolute Gasteiger partial charge is 0.460 e. The third-order valence-corrected chi connectivity index (χ3v) is 4.84. The fourth-order valence-corrected chi connectivity index (χ4v) is 2.70. The fraction of sp³-hybridized carbons (Fsp3) is 0.750. The Balaban J connectivity index is 5.35. The predicted octanol–water partition coefficient (Wildman–Crippen LogP) is 3.13. The lowest BCUT2D eigenvalue weighted by molar-refractivity contribution is -0.155. The van der Waals surface area contributed by atoms with Gasteiger partial charge in [-0.1, -0.05) is 18.5 Å². The monoisotopic (exact) mass is 397 g/mol. The summed E-state index contributed by atoms with van der Waals surface area (Å²) in [6.45, 7) is 11.6. The van der Waals surface area contributed by atoms with Crippen LogP contribution < -0.4 is 5.32 Å². The van der Waals surface area contributed by atoms with Crippen molar-refractivity contribution in [2.45, 2.75) is 72.1 Å². The van der Waals surface area contributed by atoms with Gasteiger partial charge in [0.15, 0.2) is 9.84 Å². The third kappa shape index (κ3) is 11.0. The maximum absolute atomic E-state index is 12.0. The van der Waals surface area contributed by atoms with Gasteiger partial charge in [0, 0.05) is 0 Å². The number of esters is 1. The van der Waals surface area contributed by atoms with Gasteiger partial charge in [0.05, 0.1) is 18.2 Å². The second kappa shape index (κ2) is 8.89. The molecule has 0 fully saturated rings. The van der Waals surface area contributed by atoms with Crippen LogP contribution in [0, 0.1) is 0 Å². The number of rotatable bonds is 6. The highest BCUT2D eigenvalue weighted by Gasteiger charge is 2.25. The molecule has 0 rings (SSSR count). The van der Waals surface area contributed by atoms with Crippen LogP contribution in [0.5, 0.6) is 0 Å². The molecule has 25 heavy (non-hydrogen) atoms. The number of halogens is 1. The van der Waals surface area contributed by atoms with Crippen LogP contribution in [-0.4, -0.2) is 43.5 Å². The van der Waals surface area contributed by atoms with Crippen LogP contribution in [0.25, 0.3) is 0 Å². The van der Waals surface area contributed by atoms with Gasteiger partial charge in [0.1, 0.15) is 15.6 Å². The molecule has 1 amide bonds. The minimum absolute atomic E-state index is 0.200. The van der Waals surface area contributed by atoms with Crippen molar-refractivity contribution >= 4 is 33.5 Å². The lowest BCUT2D eigenvalue weighted by atomic mass is 10.1. The van der Waals surface area contributed by atoms with Crippen molar-refractivity contribution in [1.82, 2.24) is 5.32 Å². The number of alkyl carbamates (subject to hydrolysis) is 1. The Morgan fingerprint density at radius 2 is 1.56 bits per heavy atom. The van der Waals surface area contributed by atoms with Gasteiger partial charge in [-0.05, 0) is 47.6 Å². The van der Waals surface area contributed by atoms with Crippen molar-refractivity contribution in [2.75, 3.05) is 5.75 Å². The van der Waals surface area contributed by atoms with E-state index in [9.17, 15) is 18.0 Å². The van der Waals surface area contributed by atoms with Gasteiger partial charge in [0.2, 0.25) is 0 Å². The maximum atomic E-state index is 12.0. The summed E-state index contributed by atoms with van der Waals surface area (Å²) in [5.41, 5.74) is -1.46. The van der Waals surface area contributed by atoms with E-state index in [1.54, 1.807) is 41.5 Å². The van der Waals surface area contributed by atoms with Crippen molar-refractivity contribution in [1.29, 1.82) is 0 Å². The topological polar surface area (TPSA) is 98.8 Å². The molecule has 0 aromatic rings. The Kier molecular flexibility index (Phi) is 8.44. The van der Waals surface area contributed by atoms with E-state index in [0.29, 0.717) is 0 Å². The highest BCUT2D eigenvalue weighted by atomic mass is 35.5. The van der Waals surface area contributed by atoms with Gasteiger partial charge in [0.25, 0.3) is 0 Å². The maximum Gasteiger partial charge on any atom is 0.408 e. The second-order valence-electron chi connectivity index (χ2n) is 7.42. The summed E-state index contributed by atoms with van der Waals surface area (Å²) in [7, 11) is -3.65. The Morgan fingerprint density at radius 1 is 1.08 bits per heavy atom. The Morgan fingerprint density at radius 3 is 1.96 bits per heavy atom. The van der Waals surface area contributed by atoms with Crippen molar-refractivity contribution in [3.05, 3.63) is 10.4 Å².